The van der Waals surface area contributed by atoms with E-state index in [1.165, 1.54) is 11.3 Å². The summed E-state index contributed by atoms with van der Waals surface area (Å²) in [5.74, 6) is -0.0170. The number of carbonyl (C=O) groups is 2. The largest absolute Gasteiger partial charge is 0.351 e. The number of nitrogens with one attached hydrogen (secondary N) is 1. The summed E-state index contributed by atoms with van der Waals surface area (Å²) >= 11 is 3.02. The number of amides is 2. The number of nitrogens with zero attached hydrogens (tertiary/aromatic N) is 3. The summed E-state index contributed by atoms with van der Waals surface area (Å²) in [4.78, 5) is 33.0. The average Bonchev–Trinajstić information content (AvgIpc) is 3.28. The van der Waals surface area contributed by atoms with Gasteiger partial charge < -0.3 is 15.1 Å². The van der Waals surface area contributed by atoms with Gasteiger partial charge in [-0.1, -0.05) is 6.07 Å². The highest BCUT2D eigenvalue weighted by Crippen LogP contribution is 2.19. The number of carbonyl (C=O) groups excluding carboxylic acids is 2. The molecule has 3 rings (SSSR count). The number of aromatic nitrogens is 1. The van der Waals surface area contributed by atoms with E-state index in [4.69, 9.17) is 0 Å². The molecular formula is C15H18N4O2S2. The number of thiophene rings is 1. The van der Waals surface area contributed by atoms with Gasteiger partial charge in [-0.15, -0.1) is 22.7 Å². The zero-order valence-corrected chi connectivity index (χ0v) is 14.2. The lowest BCUT2D eigenvalue weighted by molar-refractivity contribution is -0.131. The van der Waals surface area contributed by atoms with Crippen molar-refractivity contribution in [2.24, 2.45) is 0 Å². The van der Waals surface area contributed by atoms with E-state index < -0.39 is 0 Å². The lowest BCUT2D eigenvalue weighted by atomic mass is 10.3. The van der Waals surface area contributed by atoms with Crippen LogP contribution < -0.4 is 10.2 Å². The van der Waals surface area contributed by atoms with Crippen LogP contribution in [0.5, 0.6) is 0 Å². The predicted molar refractivity (Wildman–Crippen MR) is 92.2 cm³/mol. The summed E-state index contributed by atoms with van der Waals surface area (Å²) in [5, 5.41) is 7.63. The molecule has 0 saturated carbocycles. The second-order valence-corrected chi connectivity index (χ2v) is 6.99. The number of hydrogen-bond acceptors (Lipinski definition) is 6. The summed E-state index contributed by atoms with van der Waals surface area (Å²) in [6, 6.07) is 3.62. The summed E-state index contributed by atoms with van der Waals surface area (Å²) < 4.78 is 0. The Morgan fingerprint density at radius 2 is 2.00 bits per heavy atom. The van der Waals surface area contributed by atoms with Crippen LogP contribution in [-0.4, -0.2) is 54.4 Å². The molecule has 0 aromatic carbocycles. The lowest BCUT2D eigenvalue weighted by Crippen LogP contribution is -2.49. The third-order valence-electron chi connectivity index (χ3n) is 3.69. The molecule has 0 radical (unpaired) electrons. The number of piperazine rings is 1. The first-order valence-electron chi connectivity index (χ1n) is 7.48. The molecular weight excluding hydrogens is 332 g/mol. The van der Waals surface area contributed by atoms with Gasteiger partial charge in [0, 0.05) is 50.7 Å². The van der Waals surface area contributed by atoms with Gasteiger partial charge in [0.05, 0.1) is 4.88 Å². The number of rotatable bonds is 5. The predicted octanol–water partition coefficient (Wildman–Crippen LogP) is 1.67. The summed E-state index contributed by atoms with van der Waals surface area (Å²) in [7, 11) is 0. The maximum absolute atomic E-state index is 12.2. The molecule has 1 N–H and O–H groups in total. The van der Waals surface area contributed by atoms with Gasteiger partial charge in [-0.2, -0.15) is 0 Å². The molecule has 23 heavy (non-hydrogen) atoms. The first-order valence-corrected chi connectivity index (χ1v) is 9.24. The van der Waals surface area contributed by atoms with Crippen LogP contribution in [0.3, 0.4) is 0 Å². The van der Waals surface area contributed by atoms with E-state index in [0.29, 0.717) is 30.9 Å². The second kappa shape index (κ2) is 7.56. The molecule has 2 aromatic rings. The van der Waals surface area contributed by atoms with Gasteiger partial charge in [-0.3, -0.25) is 9.59 Å². The van der Waals surface area contributed by atoms with Crippen molar-refractivity contribution < 1.29 is 9.59 Å². The first-order chi connectivity index (χ1) is 11.2. The molecule has 3 heterocycles. The highest BCUT2D eigenvalue weighted by molar-refractivity contribution is 7.13. The number of anilines is 1. The van der Waals surface area contributed by atoms with Crippen LogP contribution in [0.4, 0.5) is 5.13 Å². The van der Waals surface area contributed by atoms with Crippen molar-refractivity contribution in [3.63, 3.8) is 0 Å². The van der Waals surface area contributed by atoms with Crippen molar-refractivity contribution in [1.82, 2.24) is 15.2 Å². The Labute approximate surface area is 142 Å². The molecule has 2 aromatic heterocycles. The number of hydrogen-bond donors (Lipinski definition) is 1. The first kappa shape index (κ1) is 15.9. The van der Waals surface area contributed by atoms with Crippen LogP contribution in [0.25, 0.3) is 0 Å². The van der Waals surface area contributed by atoms with Crippen molar-refractivity contribution in [1.29, 1.82) is 0 Å². The summed E-state index contributed by atoms with van der Waals surface area (Å²) in [5.41, 5.74) is 0. The van der Waals surface area contributed by atoms with Crippen LogP contribution in [0, 0.1) is 0 Å². The molecule has 2 amide bonds. The summed E-state index contributed by atoms with van der Waals surface area (Å²) in [6.07, 6.45) is 2.14. The van der Waals surface area contributed by atoms with E-state index in [1.54, 1.807) is 23.6 Å². The normalized spacial score (nSPS) is 14.8. The quantitative estimate of drug-likeness (QED) is 0.891. The average molecular weight is 350 g/mol. The Balaban J connectivity index is 1.39. The smallest absolute Gasteiger partial charge is 0.261 e. The highest BCUT2D eigenvalue weighted by Gasteiger charge is 2.22. The summed E-state index contributed by atoms with van der Waals surface area (Å²) in [6.45, 7) is 3.40. The van der Waals surface area contributed by atoms with Crippen molar-refractivity contribution in [3.05, 3.63) is 34.0 Å². The zero-order chi connectivity index (χ0) is 16.1. The fraction of sp³-hybridized carbons (Fsp3) is 0.400. The minimum atomic E-state index is -0.110. The molecule has 0 aliphatic carbocycles. The van der Waals surface area contributed by atoms with E-state index in [1.807, 2.05) is 21.7 Å². The lowest BCUT2D eigenvalue weighted by Gasteiger charge is -2.34. The topological polar surface area (TPSA) is 65.5 Å². The zero-order valence-electron chi connectivity index (χ0n) is 12.6. The van der Waals surface area contributed by atoms with Crippen LogP contribution in [0.2, 0.25) is 0 Å². The fourth-order valence-corrected chi connectivity index (χ4v) is 3.79. The van der Waals surface area contributed by atoms with Crippen LogP contribution in [-0.2, 0) is 4.79 Å². The fourth-order valence-electron chi connectivity index (χ4n) is 2.46. The molecule has 1 aliphatic rings. The maximum Gasteiger partial charge on any atom is 0.261 e. The van der Waals surface area contributed by atoms with Crippen molar-refractivity contribution in [2.75, 3.05) is 37.6 Å². The van der Waals surface area contributed by atoms with E-state index in [9.17, 15) is 9.59 Å². The maximum atomic E-state index is 12.2. The number of thiazole rings is 1. The second-order valence-electron chi connectivity index (χ2n) is 5.17. The van der Waals surface area contributed by atoms with Gasteiger partial charge in [-0.25, -0.2) is 4.98 Å². The van der Waals surface area contributed by atoms with E-state index >= 15 is 0 Å². The molecule has 0 spiro atoms. The Kier molecular flexibility index (Phi) is 5.24. The SMILES string of the molecule is O=C(NCCC(=O)N1CCN(c2nccs2)CC1)c1cccs1. The van der Waals surface area contributed by atoms with Crippen LogP contribution in [0.1, 0.15) is 16.1 Å². The van der Waals surface area contributed by atoms with Gasteiger partial charge in [0.1, 0.15) is 0 Å². The molecule has 1 saturated heterocycles. The van der Waals surface area contributed by atoms with Gasteiger partial charge in [0.15, 0.2) is 5.13 Å². The van der Waals surface area contributed by atoms with Crippen molar-refractivity contribution in [2.45, 2.75) is 6.42 Å². The van der Waals surface area contributed by atoms with Gasteiger partial charge in [0.25, 0.3) is 5.91 Å². The van der Waals surface area contributed by atoms with Crippen molar-refractivity contribution >= 4 is 39.6 Å². The van der Waals surface area contributed by atoms with Gasteiger partial charge in [-0.05, 0) is 11.4 Å². The molecule has 0 unspecified atom stereocenters. The Hall–Kier alpha value is -1.93. The van der Waals surface area contributed by atoms with E-state index in [-0.39, 0.29) is 11.8 Å². The van der Waals surface area contributed by atoms with E-state index in [2.05, 4.69) is 15.2 Å². The Morgan fingerprint density at radius 1 is 1.17 bits per heavy atom. The molecule has 6 nitrogen and oxygen atoms in total. The van der Waals surface area contributed by atoms with Crippen molar-refractivity contribution in [3.8, 4) is 0 Å². The van der Waals surface area contributed by atoms with Crippen LogP contribution >= 0.6 is 22.7 Å². The molecule has 122 valence electrons. The van der Waals surface area contributed by atoms with Gasteiger partial charge >= 0.3 is 0 Å². The van der Waals surface area contributed by atoms with E-state index in [0.717, 1.165) is 18.2 Å². The molecule has 8 heteroatoms. The molecule has 1 aliphatic heterocycles. The third-order valence-corrected chi connectivity index (χ3v) is 5.39. The molecule has 0 atom stereocenters. The monoisotopic (exact) mass is 350 g/mol. The Bertz CT molecular complexity index is 635. The third kappa shape index (κ3) is 4.08. The minimum absolute atomic E-state index is 0.0928. The molecule has 0 bridgehead atoms. The Morgan fingerprint density at radius 3 is 2.65 bits per heavy atom. The van der Waals surface area contributed by atoms with Crippen LogP contribution in [0.15, 0.2) is 29.1 Å². The molecule has 1 fully saturated rings. The highest BCUT2D eigenvalue weighted by atomic mass is 32.1. The minimum Gasteiger partial charge on any atom is -0.351 e. The van der Waals surface area contributed by atoms with Gasteiger partial charge in [0.2, 0.25) is 5.91 Å². The standard InChI is InChI=1S/C15H18N4O2S2/c20-13(3-4-16-14(21)12-2-1-10-22-12)18-6-8-19(9-7-18)15-17-5-11-23-15/h1-2,5,10-11H,3-4,6-9H2,(H,16,21).